The van der Waals surface area contributed by atoms with Crippen molar-refractivity contribution in [3.8, 4) is 0 Å². The summed E-state index contributed by atoms with van der Waals surface area (Å²) in [4.78, 5) is 27.4. The van der Waals surface area contributed by atoms with Crippen LogP contribution in [0.5, 0.6) is 0 Å². The Bertz CT molecular complexity index is 973. The highest BCUT2D eigenvalue weighted by molar-refractivity contribution is 5.98. The van der Waals surface area contributed by atoms with Crippen LogP contribution in [0.2, 0.25) is 0 Å². The molecule has 1 N–H and O–H groups in total. The predicted molar refractivity (Wildman–Crippen MR) is 107 cm³/mol. The van der Waals surface area contributed by atoms with Gasteiger partial charge in [-0.2, -0.15) is 0 Å². The summed E-state index contributed by atoms with van der Waals surface area (Å²) in [5, 5.41) is 3.08. The molecule has 0 bridgehead atoms. The predicted octanol–water partition coefficient (Wildman–Crippen LogP) is 3.02. The molecule has 3 aromatic heterocycles. The molecule has 0 aliphatic carbocycles. The molecule has 1 aliphatic heterocycles. The number of ether oxygens (including phenoxy) is 1. The molecule has 29 heavy (non-hydrogen) atoms. The van der Waals surface area contributed by atoms with E-state index in [1.807, 2.05) is 6.07 Å². The maximum Gasteiger partial charge on any atom is 0.168 e. The molecule has 1 aliphatic rings. The first-order chi connectivity index (χ1) is 14.2. The van der Waals surface area contributed by atoms with Gasteiger partial charge in [0.25, 0.3) is 0 Å². The molecule has 0 radical (unpaired) electrons. The van der Waals surface area contributed by atoms with Gasteiger partial charge in [-0.3, -0.25) is 9.78 Å². The number of ketones is 1. The van der Waals surface area contributed by atoms with E-state index in [4.69, 9.17) is 4.74 Å². The molecule has 0 aromatic carbocycles. The van der Waals surface area contributed by atoms with E-state index in [0.29, 0.717) is 30.3 Å². The second-order valence-electron chi connectivity index (χ2n) is 6.62. The van der Waals surface area contributed by atoms with Crippen molar-refractivity contribution < 1.29 is 13.9 Å². The lowest BCUT2D eigenvalue weighted by molar-refractivity contribution is 0.0992. The molecule has 0 spiro atoms. The van der Waals surface area contributed by atoms with Crippen LogP contribution in [0.3, 0.4) is 0 Å². The van der Waals surface area contributed by atoms with Crippen LogP contribution in [0.4, 0.5) is 21.7 Å². The highest BCUT2D eigenvalue weighted by Gasteiger charge is 2.15. The average molecular weight is 393 g/mol. The Labute approximate surface area is 167 Å². The number of hydrogen-bond acceptors (Lipinski definition) is 7. The molecule has 8 heteroatoms. The largest absolute Gasteiger partial charge is 0.378 e. The van der Waals surface area contributed by atoms with E-state index in [-0.39, 0.29) is 12.2 Å². The number of halogens is 1. The summed E-state index contributed by atoms with van der Waals surface area (Å²) >= 11 is 0. The molecule has 1 fully saturated rings. The van der Waals surface area contributed by atoms with Crippen LogP contribution >= 0.6 is 0 Å². The Morgan fingerprint density at radius 2 is 1.93 bits per heavy atom. The zero-order chi connectivity index (χ0) is 20.1. The summed E-state index contributed by atoms with van der Waals surface area (Å²) in [5.74, 6) is 0.862. The molecule has 0 atom stereocenters. The van der Waals surface area contributed by atoms with E-state index in [1.165, 1.54) is 12.1 Å². The summed E-state index contributed by atoms with van der Waals surface area (Å²) in [6, 6.07) is 8.29. The minimum atomic E-state index is -0.412. The number of nitrogens with zero attached hydrogens (tertiary/aromatic N) is 4. The number of carbonyl (C=O) groups is 1. The van der Waals surface area contributed by atoms with E-state index in [0.717, 1.165) is 30.7 Å². The summed E-state index contributed by atoms with van der Waals surface area (Å²) in [5.41, 5.74) is 1.97. The third-order valence-corrected chi connectivity index (χ3v) is 4.66. The number of hydrogen-bond donors (Lipinski definition) is 1. The SMILES string of the molecule is O=C(Cc1ccncc1Nc1ccc(F)cn1)c1ccc(N2CCOCC2)nc1. The second kappa shape index (κ2) is 8.74. The first-order valence-corrected chi connectivity index (χ1v) is 9.32. The first kappa shape index (κ1) is 18.9. The molecule has 3 aromatic rings. The summed E-state index contributed by atoms with van der Waals surface area (Å²) in [7, 11) is 0. The standard InChI is InChI=1S/C21H20FN5O2/c22-17-2-3-20(24-13-17)26-18-14-23-6-5-15(18)11-19(28)16-1-4-21(25-12-16)27-7-9-29-10-8-27/h1-6,12-14H,7-11H2,(H,24,26). The summed E-state index contributed by atoms with van der Waals surface area (Å²) in [6.07, 6.45) is 6.18. The fraction of sp³-hybridized carbons (Fsp3) is 0.238. The van der Waals surface area contributed by atoms with E-state index < -0.39 is 5.82 Å². The van der Waals surface area contributed by atoms with Crippen molar-refractivity contribution in [2.24, 2.45) is 0 Å². The van der Waals surface area contributed by atoms with Gasteiger partial charge in [-0.05, 0) is 35.9 Å². The highest BCUT2D eigenvalue weighted by atomic mass is 19.1. The van der Waals surface area contributed by atoms with Crippen molar-refractivity contribution in [2.75, 3.05) is 36.5 Å². The lowest BCUT2D eigenvalue weighted by Gasteiger charge is -2.27. The van der Waals surface area contributed by atoms with Gasteiger partial charge in [0.1, 0.15) is 17.5 Å². The number of pyridine rings is 3. The zero-order valence-corrected chi connectivity index (χ0v) is 15.7. The van der Waals surface area contributed by atoms with Gasteiger partial charge in [0.15, 0.2) is 5.78 Å². The first-order valence-electron chi connectivity index (χ1n) is 9.32. The number of anilines is 3. The van der Waals surface area contributed by atoms with Crippen molar-refractivity contribution in [1.82, 2.24) is 15.0 Å². The van der Waals surface area contributed by atoms with Crippen LogP contribution in [0.1, 0.15) is 15.9 Å². The second-order valence-corrected chi connectivity index (χ2v) is 6.62. The minimum Gasteiger partial charge on any atom is -0.378 e. The fourth-order valence-electron chi connectivity index (χ4n) is 3.08. The number of carbonyl (C=O) groups excluding carboxylic acids is 1. The Morgan fingerprint density at radius 3 is 2.66 bits per heavy atom. The average Bonchev–Trinajstić information content (AvgIpc) is 2.77. The van der Waals surface area contributed by atoms with Crippen LogP contribution in [-0.4, -0.2) is 47.0 Å². The minimum absolute atomic E-state index is 0.0488. The molecule has 7 nitrogen and oxygen atoms in total. The molecular formula is C21H20FN5O2. The van der Waals surface area contributed by atoms with Gasteiger partial charge in [0.2, 0.25) is 0 Å². The number of morpholine rings is 1. The van der Waals surface area contributed by atoms with Gasteiger partial charge < -0.3 is 15.0 Å². The van der Waals surface area contributed by atoms with E-state index in [2.05, 4.69) is 25.2 Å². The molecule has 1 saturated heterocycles. The van der Waals surface area contributed by atoms with Crippen LogP contribution in [0, 0.1) is 5.82 Å². The van der Waals surface area contributed by atoms with Crippen molar-refractivity contribution in [2.45, 2.75) is 6.42 Å². The third-order valence-electron chi connectivity index (χ3n) is 4.66. The Morgan fingerprint density at radius 1 is 1.07 bits per heavy atom. The van der Waals surface area contributed by atoms with Crippen molar-refractivity contribution in [3.63, 3.8) is 0 Å². The number of aromatic nitrogens is 3. The zero-order valence-electron chi connectivity index (χ0n) is 15.7. The smallest absolute Gasteiger partial charge is 0.168 e. The molecular weight excluding hydrogens is 373 g/mol. The van der Waals surface area contributed by atoms with E-state index in [1.54, 1.807) is 30.7 Å². The molecule has 0 amide bonds. The van der Waals surface area contributed by atoms with Crippen LogP contribution in [-0.2, 0) is 11.2 Å². The van der Waals surface area contributed by atoms with Crippen LogP contribution in [0.15, 0.2) is 55.1 Å². The summed E-state index contributed by atoms with van der Waals surface area (Å²) < 4.78 is 18.4. The van der Waals surface area contributed by atoms with E-state index in [9.17, 15) is 9.18 Å². The van der Waals surface area contributed by atoms with Gasteiger partial charge >= 0.3 is 0 Å². The summed E-state index contributed by atoms with van der Waals surface area (Å²) in [6.45, 7) is 2.96. The van der Waals surface area contributed by atoms with Crippen molar-refractivity contribution in [3.05, 3.63) is 72.1 Å². The van der Waals surface area contributed by atoms with Crippen LogP contribution in [0.25, 0.3) is 0 Å². The fourth-order valence-corrected chi connectivity index (χ4v) is 3.08. The lowest BCUT2D eigenvalue weighted by atomic mass is 10.0. The van der Waals surface area contributed by atoms with Gasteiger partial charge in [0, 0.05) is 37.5 Å². The van der Waals surface area contributed by atoms with Gasteiger partial charge in [-0.1, -0.05) is 0 Å². The van der Waals surface area contributed by atoms with Crippen molar-refractivity contribution in [1.29, 1.82) is 0 Å². The topological polar surface area (TPSA) is 80.2 Å². The third kappa shape index (κ3) is 4.72. The maximum atomic E-state index is 13.0. The molecule has 4 rings (SSSR count). The lowest BCUT2D eigenvalue weighted by Crippen LogP contribution is -2.36. The highest BCUT2D eigenvalue weighted by Crippen LogP contribution is 2.21. The Kier molecular flexibility index (Phi) is 5.71. The Balaban J connectivity index is 1.46. The number of rotatable bonds is 6. The molecule has 4 heterocycles. The van der Waals surface area contributed by atoms with Gasteiger partial charge in [0.05, 0.1) is 31.3 Å². The number of nitrogens with one attached hydrogen (secondary N) is 1. The number of Topliss-reactive ketones (excluding diaryl/α,β-unsaturated/α-hetero) is 1. The van der Waals surface area contributed by atoms with Gasteiger partial charge in [-0.15, -0.1) is 0 Å². The maximum absolute atomic E-state index is 13.0. The normalized spacial score (nSPS) is 13.9. The molecule has 148 valence electrons. The monoisotopic (exact) mass is 393 g/mol. The van der Waals surface area contributed by atoms with Crippen LogP contribution < -0.4 is 10.2 Å². The molecule has 0 unspecified atom stereocenters. The van der Waals surface area contributed by atoms with E-state index >= 15 is 0 Å². The van der Waals surface area contributed by atoms with Gasteiger partial charge in [-0.25, -0.2) is 14.4 Å². The quantitative estimate of drug-likeness (QED) is 0.645. The Hall–Kier alpha value is -3.39. The van der Waals surface area contributed by atoms with Crippen molar-refractivity contribution >= 4 is 23.1 Å². The molecule has 0 saturated carbocycles.